The van der Waals surface area contributed by atoms with E-state index in [0.717, 1.165) is 17.5 Å². The largest absolute Gasteiger partial charge is 0.482 e. The topological polar surface area (TPSA) is 72.9 Å². The first-order valence-electron chi connectivity index (χ1n) is 10.0. The molecule has 0 aromatic heterocycles. The van der Waals surface area contributed by atoms with Gasteiger partial charge in [-0.3, -0.25) is 19.3 Å². The molecule has 0 fully saturated rings. The van der Waals surface area contributed by atoms with E-state index in [9.17, 15) is 14.4 Å². The number of ether oxygens (including phenoxy) is 2. The monoisotopic (exact) mass is 413 g/mol. The molecule has 1 aliphatic heterocycles. The number of nitrogens with zero attached hydrogens (tertiary/aromatic N) is 1. The van der Waals surface area contributed by atoms with Crippen molar-refractivity contribution in [3.63, 3.8) is 0 Å². The van der Waals surface area contributed by atoms with Gasteiger partial charge < -0.3 is 9.47 Å². The van der Waals surface area contributed by atoms with Gasteiger partial charge in [0.05, 0.1) is 5.69 Å². The summed E-state index contributed by atoms with van der Waals surface area (Å²) in [5, 5.41) is 0. The zero-order chi connectivity index (χ0) is 21.4. The number of amides is 1. The van der Waals surface area contributed by atoms with E-state index >= 15 is 0 Å². The molecule has 0 unspecified atom stereocenters. The van der Waals surface area contributed by atoms with Gasteiger partial charge in [-0.05, 0) is 46.9 Å². The van der Waals surface area contributed by atoms with Gasteiger partial charge in [-0.1, -0.05) is 48.5 Å². The van der Waals surface area contributed by atoms with Crippen LogP contribution in [0.5, 0.6) is 5.75 Å². The Kier molecular flexibility index (Phi) is 4.75. The normalized spacial score (nSPS) is 13.7. The fourth-order valence-corrected chi connectivity index (χ4v) is 4.03. The second kappa shape index (κ2) is 7.72. The van der Waals surface area contributed by atoms with Crippen molar-refractivity contribution >= 4 is 23.3 Å². The minimum atomic E-state index is -0.648. The number of benzene rings is 3. The van der Waals surface area contributed by atoms with Gasteiger partial charge in [-0.25, -0.2) is 0 Å². The van der Waals surface area contributed by atoms with Crippen LogP contribution in [0.1, 0.15) is 21.5 Å². The maximum Gasteiger partial charge on any atom is 0.326 e. The number of para-hydroxylation sites is 2. The number of carbonyl (C=O) groups is 3. The fraction of sp³-hybridized carbons (Fsp3) is 0.160. The molecule has 3 aromatic rings. The Morgan fingerprint density at radius 1 is 0.935 bits per heavy atom. The molecule has 0 saturated carbocycles. The number of carbonyl (C=O) groups excluding carboxylic acids is 3. The number of rotatable bonds is 5. The molecule has 0 saturated heterocycles. The minimum absolute atomic E-state index is 0.139. The van der Waals surface area contributed by atoms with E-state index in [1.54, 1.807) is 30.3 Å². The van der Waals surface area contributed by atoms with Crippen LogP contribution in [0.15, 0.2) is 66.7 Å². The molecule has 154 valence electrons. The summed E-state index contributed by atoms with van der Waals surface area (Å²) in [6, 6.07) is 20.7. The summed E-state index contributed by atoms with van der Waals surface area (Å²) in [5.41, 5.74) is 5.61. The molecule has 2 aliphatic rings. The van der Waals surface area contributed by atoms with Crippen molar-refractivity contribution in [1.82, 2.24) is 0 Å². The molecule has 0 atom stereocenters. The van der Waals surface area contributed by atoms with E-state index in [2.05, 4.69) is 6.07 Å². The number of fused-ring (bicyclic) bond motifs is 4. The Balaban J connectivity index is 1.25. The SMILES string of the molecule is O=C(CN1C(=O)COc2ccccc21)OCC(=O)c1ccc2c(c1)-c1ccccc1C2. The summed E-state index contributed by atoms with van der Waals surface area (Å²) >= 11 is 0. The predicted octanol–water partition coefficient (Wildman–Crippen LogP) is 3.41. The Bertz CT molecular complexity index is 1220. The lowest BCUT2D eigenvalue weighted by Crippen LogP contribution is -2.42. The Labute approximate surface area is 179 Å². The van der Waals surface area contributed by atoms with Crippen LogP contribution in [0.25, 0.3) is 11.1 Å². The highest BCUT2D eigenvalue weighted by atomic mass is 16.5. The molecule has 5 rings (SSSR count). The lowest BCUT2D eigenvalue weighted by atomic mass is 10.0. The van der Waals surface area contributed by atoms with Crippen LogP contribution in [0.3, 0.4) is 0 Å². The molecule has 0 spiro atoms. The van der Waals surface area contributed by atoms with Crippen LogP contribution in [-0.2, 0) is 20.7 Å². The average Bonchev–Trinajstić information content (AvgIpc) is 3.17. The summed E-state index contributed by atoms with van der Waals surface area (Å²) in [6.45, 7) is -0.788. The lowest BCUT2D eigenvalue weighted by molar-refractivity contribution is -0.142. The van der Waals surface area contributed by atoms with E-state index in [1.165, 1.54) is 16.0 Å². The maximum atomic E-state index is 12.6. The van der Waals surface area contributed by atoms with Gasteiger partial charge in [0.25, 0.3) is 5.91 Å². The smallest absolute Gasteiger partial charge is 0.326 e. The number of anilines is 1. The first-order valence-corrected chi connectivity index (χ1v) is 10.0. The molecule has 1 heterocycles. The van der Waals surface area contributed by atoms with Gasteiger partial charge >= 0.3 is 5.97 Å². The van der Waals surface area contributed by atoms with E-state index in [1.807, 2.05) is 30.3 Å². The van der Waals surface area contributed by atoms with Crippen LogP contribution in [-0.4, -0.2) is 37.4 Å². The Morgan fingerprint density at radius 2 is 1.71 bits per heavy atom. The van der Waals surface area contributed by atoms with E-state index in [-0.39, 0.29) is 31.4 Å². The van der Waals surface area contributed by atoms with Crippen LogP contribution >= 0.6 is 0 Å². The van der Waals surface area contributed by atoms with Crippen molar-refractivity contribution in [2.75, 3.05) is 24.7 Å². The molecule has 6 heteroatoms. The van der Waals surface area contributed by atoms with Crippen molar-refractivity contribution in [3.05, 3.63) is 83.4 Å². The summed E-state index contributed by atoms with van der Waals surface area (Å²) < 4.78 is 10.6. The maximum absolute atomic E-state index is 12.6. The third kappa shape index (κ3) is 3.57. The second-order valence-electron chi connectivity index (χ2n) is 7.53. The number of hydrogen-bond donors (Lipinski definition) is 0. The summed E-state index contributed by atoms with van der Waals surface area (Å²) in [6.07, 6.45) is 0.851. The first kappa shape index (κ1) is 19.1. The Morgan fingerprint density at radius 3 is 2.61 bits per heavy atom. The molecule has 1 aliphatic carbocycles. The van der Waals surface area contributed by atoms with Crippen molar-refractivity contribution < 1.29 is 23.9 Å². The van der Waals surface area contributed by atoms with Crippen LogP contribution in [0.4, 0.5) is 5.69 Å². The van der Waals surface area contributed by atoms with Crippen LogP contribution in [0, 0.1) is 0 Å². The number of ketones is 1. The highest BCUT2D eigenvalue weighted by Gasteiger charge is 2.28. The zero-order valence-electron chi connectivity index (χ0n) is 16.7. The molecule has 31 heavy (non-hydrogen) atoms. The zero-order valence-corrected chi connectivity index (χ0v) is 16.7. The van der Waals surface area contributed by atoms with E-state index in [4.69, 9.17) is 9.47 Å². The van der Waals surface area contributed by atoms with E-state index < -0.39 is 5.97 Å². The molecular formula is C25H19NO5. The fourth-order valence-electron chi connectivity index (χ4n) is 4.03. The summed E-state index contributed by atoms with van der Waals surface area (Å²) in [7, 11) is 0. The van der Waals surface area contributed by atoms with Gasteiger partial charge in [0, 0.05) is 5.56 Å². The standard InChI is InChI=1S/C25H19NO5/c27-22(18-10-9-17-11-16-5-1-2-6-19(16)20(17)12-18)14-31-25(29)13-26-21-7-3-4-8-23(21)30-15-24(26)28/h1-10,12H,11,13-15H2. The van der Waals surface area contributed by atoms with Crippen LogP contribution in [0.2, 0.25) is 0 Å². The predicted molar refractivity (Wildman–Crippen MR) is 114 cm³/mol. The van der Waals surface area contributed by atoms with E-state index in [0.29, 0.717) is 17.0 Å². The van der Waals surface area contributed by atoms with Crippen molar-refractivity contribution in [2.45, 2.75) is 6.42 Å². The number of esters is 1. The second-order valence-corrected chi connectivity index (χ2v) is 7.53. The third-order valence-electron chi connectivity index (χ3n) is 5.58. The van der Waals surface area contributed by atoms with Gasteiger partial charge in [0.15, 0.2) is 19.0 Å². The molecule has 0 N–H and O–H groups in total. The quantitative estimate of drug-likeness (QED) is 0.370. The molecule has 1 amide bonds. The molecular weight excluding hydrogens is 394 g/mol. The highest BCUT2D eigenvalue weighted by Crippen LogP contribution is 2.37. The minimum Gasteiger partial charge on any atom is -0.482 e. The third-order valence-corrected chi connectivity index (χ3v) is 5.58. The number of Topliss-reactive ketones (excluding diaryl/α,β-unsaturated/α-hetero) is 1. The average molecular weight is 413 g/mol. The van der Waals surface area contributed by atoms with Gasteiger partial charge in [-0.2, -0.15) is 0 Å². The molecule has 0 bridgehead atoms. The summed E-state index contributed by atoms with van der Waals surface area (Å²) in [4.78, 5) is 38.5. The van der Waals surface area contributed by atoms with Crippen molar-refractivity contribution in [3.8, 4) is 16.9 Å². The van der Waals surface area contributed by atoms with Crippen molar-refractivity contribution in [2.24, 2.45) is 0 Å². The Hall–Kier alpha value is -3.93. The molecule has 6 nitrogen and oxygen atoms in total. The number of hydrogen-bond acceptors (Lipinski definition) is 5. The molecule has 3 aromatic carbocycles. The van der Waals surface area contributed by atoms with Crippen molar-refractivity contribution in [1.29, 1.82) is 0 Å². The van der Waals surface area contributed by atoms with Gasteiger partial charge in [0.1, 0.15) is 12.3 Å². The highest BCUT2D eigenvalue weighted by molar-refractivity contribution is 6.02. The van der Waals surface area contributed by atoms with Gasteiger partial charge in [-0.15, -0.1) is 0 Å². The lowest BCUT2D eigenvalue weighted by Gasteiger charge is -2.28. The summed E-state index contributed by atoms with van der Waals surface area (Å²) in [5.74, 6) is -0.734. The van der Waals surface area contributed by atoms with Crippen LogP contribution < -0.4 is 9.64 Å². The first-order chi connectivity index (χ1) is 15.1. The van der Waals surface area contributed by atoms with Gasteiger partial charge in [0.2, 0.25) is 0 Å². The molecule has 0 radical (unpaired) electrons.